The van der Waals surface area contributed by atoms with Gasteiger partial charge in [-0.3, -0.25) is 4.79 Å². The van der Waals surface area contributed by atoms with Crippen LogP contribution in [-0.4, -0.2) is 16.0 Å². The van der Waals surface area contributed by atoms with Crippen LogP contribution >= 0.6 is 0 Å². The molecule has 126 valence electrons. The van der Waals surface area contributed by atoms with Crippen molar-refractivity contribution in [1.82, 2.24) is 5.16 Å². The topological polar surface area (TPSA) is 63.3 Å². The molecule has 1 unspecified atom stereocenters. The molecular formula is C21H19NO3. The molecule has 0 radical (unpaired) electrons. The van der Waals surface area contributed by atoms with Gasteiger partial charge in [-0.25, -0.2) is 0 Å². The maximum Gasteiger partial charge on any atom is 0.177 e. The molecular weight excluding hydrogens is 314 g/mol. The number of aliphatic hydroxyl groups is 1. The summed E-state index contributed by atoms with van der Waals surface area (Å²) in [5.41, 5.74) is 4.07. The normalized spacial score (nSPS) is 19.3. The van der Waals surface area contributed by atoms with E-state index in [4.69, 9.17) is 4.52 Å². The van der Waals surface area contributed by atoms with E-state index in [1.54, 1.807) is 0 Å². The third kappa shape index (κ3) is 2.18. The van der Waals surface area contributed by atoms with Crippen LogP contribution in [0.4, 0.5) is 0 Å². The predicted molar refractivity (Wildman–Crippen MR) is 94.3 cm³/mol. The first-order chi connectivity index (χ1) is 11.9. The minimum Gasteiger partial charge on any atom is -0.373 e. The highest BCUT2D eigenvalue weighted by Crippen LogP contribution is 2.43. The predicted octanol–water partition coefficient (Wildman–Crippen LogP) is 3.63. The van der Waals surface area contributed by atoms with Crippen LogP contribution in [0, 0.1) is 20.8 Å². The number of fused-ring (bicyclic) bond motifs is 1. The summed E-state index contributed by atoms with van der Waals surface area (Å²) in [6.45, 7) is 5.66. The third-order valence-corrected chi connectivity index (χ3v) is 5.11. The maximum absolute atomic E-state index is 12.8. The molecule has 1 heterocycles. The monoisotopic (exact) mass is 333 g/mol. The molecule has 4 heteroatoms. The van der Waals surface area contributed by atoms with Gasteiger partial charge >= 0.3 is 0 Å². The molecule has 0 spiro atoms. The first-order valence-corrected chi connectivity index (χ1v) is 8.31. The van der Waals surface area contributed by atoms with E-state index in [1.807, 2.05) is 63.2 Å². The molecule has 0 amide bonds. The summed E-state index contributed by atoms with van der Waals surface area (Å²) in [6, 6.07) is 13.3. The molecule has 0 saturated carbocycles. The first-order valence-electron chi connectivity index (χ1n) is 8.31. The second-order valence-corrected chi connectivity index (χ2v) is 6.70. The molecule has 1 N–H and O–H groups in total. The van der Waals surface area contributed by atoms with Crippen molar-refractivity contribution in [3.05, 3.63) is 76.2 Å². The Bertz CT molecular complexity index is 983. The van der Waals surface area contributed by atoms with Crippen LogP contribution in [0.1, 0.15) is 33.7 Å². The van der Waals surface area contributed by atoms with E-state index in [1.165, 1.54) is 0 Å². The highest BCUT2D eigenvalue weighted by Gasteiger charge is 2.47. The molecule has 0 bridgehead atoms. The summed E-state index contributed by atoms with van der Waals surface area (Å²) >= 11 is 0. The summed E-state index contributed by atoms with van der Waals surface area (Å²) in [4.78, 5) is 12.8. The zero-order chi connectivity index (χ0) is 17.8. The van der Waals surface area contributed by atoms with Gasteiger partial charge in [-0.15, -0.1) is 0 Å². The second-order valence-electron chi connectivity index (χ2n) is 6.70. The van der Waals surface area contributed by atoms with Crippen molar-refractivity contribution >= 4 is 5.78 Å². The number of carbonyl (C=O) groups excluding carboxylic acids is 1. The number of ketones is 1. The SMILES string of the molecule is Cc1ccccc1C1(O)C(=O)Cc2ccc(-c3c(C)noc3C)cc21. The third-order valence-electron chi connectivity index (χ3n) is 5.11. The molecule has 0 aliphatic heterocycles. The maximum atomic E-state index is 12.8. The number of hydrogen-bond donors (Lipinski definition) is 1. The quantitative estimate of drug-likeness (QED) is 0.778. The van der Waals surface area contributed by atoms with E-state index in [9.17, 15) is 9.90 Å². The minimum absolute atomic E-state index is 0.187. The second kappa shape index (κ2) is 5.39. The average molecular weight is 333 g/mol. The Balaban J connectivity index is 1.95. The van der Waals surface area contributed by atoms with E-state index in [0.717, 1.165) is 33.7 Å². The fraction of sp³-hybridized carbons (Fsp3) is 0.238. The number of rotatable bonds is 2. The average Bonchev–Trinajstić information content (AvgIpc) is 3.05. The van der Waals surface area contributed by atoms with Crippen molar-refractivity contribution in [3.63, 3.8) is 0 Å². The van der Waals surface area contributed by atoms with Crippen LogP contribution in [0.5, 0.6) is 0 Å². The van der Waals surface area contributed by atoms with Crippen LogP contribution in [0.3, 0.4) is 0 Å². The molecule has 0 saturated heterocycles. The van der Waals surface area contributed by atoms with Gasteiger partial charge in [0.1, 0.15) is 5.76 Å². The van der Waals surface area contributed by atoms with Gasteiger partial charge in [0.25, 0.3) is 0 Å². The highest BCUT2D eigenvalue weighted by molar-refractivity contribution is 5.99. The van der Waals surface area contributed by atoms with E-state index in [-0.39, 0.29) is 12.2 Å². The molecule has 1 aromatic heterocycles. The lowest BCUT2D eigenvalue weighted by molar-refractivity contribution is -0.131. The van der Waals surface area contributed by atoms with Crippen molar-refractivity contribution in [3.8, 4) is 11.1 Å². The number of carbonyl (C=O) groups is 1. The van der Waals surface area contributed by atoms with E-state index >= 15 is 0 Å². The molecule has 1 aliphatic carbocycles. The van der Waals surface area contributed by atoms with Crippen molar-refractivity contribution < 1.29 is 14.4 Å². The largest absolute Gasteiger partial charge is 0.373 e. The fourth-order valence-electron chi connectivity index (χ4n) is 3.84. The van der Waals surface area contributed by atoms with Crippen molar-refractivity contribution in [1.29, 1.82) is 0 Å². The summed E-state index contributed by atoms with van der Waals surface area (Å²) in [5.74, 6) is 0.536. The summed E-state index contributed by atoms with van der Waals surface area (Å²) in [6.07, 6.45) is 0.238. The summed E-state index contributed by atoms with van der Waals surface area (Å²) in [7, 11) is 0. The van der Waals surface area contributed by atoms with Gasteiger partial charge in [0, 0.05) is 12.0 Å². The van der Waals surface area contributed by atoms with Gasteiger partial charge in [-0.05, 0) is 54.7 Å². The van der Waals surface area contributed by atoms with Crippen molar-refractivity contribution in [2.24, 2.45) is 0 Å². The minimum atomic E-state index is -1.60. The molecule has 0 fully saturated rings. The first kappa shape index (κ1) is 15.8. The number of nitrogens with zero attached hydrogens (tertiary/aromatic N) is 1. The molecule has 2 aromatic carbocycles. The lowest BCUT2D eigenvalue weighted by atomic mass is 9.83. The Hall–Kier alpha value is -2.72. The van der Waals surface area contributed by atoms with E-state index < -0.39 is 5.60 Å². The fourth-order valence-corrected chi connectivity index (χ4v) is 3.84. The Morgan fingerprint density at radius 3 is 2.52 bits per heavy atom. The van der Waals surface area contributed by atoms with Crippen LogP contribution in [0.25, 0.3) is 11.1 Å². The van der Waals surface area contributed by atoms with Crippen molar-refractivity contribution in [2.45, 2.75) is 32.8 Å². The van der Waals surface area contributed by atoms with Crippen LogP contribution in [0.15, 0.2) is 47.0 Å². The van der Waals surface area contributed by atoms with E-state index in [0.29, 0.717) is 11.1 Å². The molecule has 3 aromatic rings. The Morgan fingerprint density at radius 2 is 1.84 bits per heavy atom. The zero-order valence-electron chi connectivity index (χ0n) is 14.5. The number of aryl methyl sites for hydroxylation is 3. The Kier molecular flexibility index (Phi) is 3.41. The standard InChI is InChI=1S/C21H19NO3/c1-12-6-4-5-7-17(12)21(24)18-10-16(9-8-15(18)11-19(21)23)20-13(2)22-25-14(20)3/h4-10,24H,11H2,1-3H3. The lowest BCUT2D eigenvalue weighted by Gasteiger charge is -2.25. The van der Waals surface area contributed by atoms with Gasteiger partial charge in [0.05, 0.1) is 5.69 Å². The van der Waals surface area contributed by atoms with Crippen LogP contribution in [0.2, 0.25) is 0 Å². The zero-order valence-corrected chi connectivity index (χ0v) is 14.5. The Labute approximate surface area is 146 Å². The van der Waals surface area contributed by atoms with Gasteiger partial charge in [0.2, 0.25) is 0 Å². The smallest absolute Gasteiger partial charge is 0.177 e. The molecule has 1 atom stereocenters. The summed E-state index contributed by atoms with van der Waals surface area (Å²) < 4.78 is 5.27. The lowest BCUT2D eigenvalue weighted by Crippen LogP contribution is -2.33. The van der Waals surface area contributed by atoms with Crippen LogP contribution in [-0.2, 0) is 16.8 Å². The van der Waals surface area contributed by atoms with Crippen molar-refractivity contribution in [2.75, 3.05) is 0 Å². The van der Waals surface area contributed by atoms with E-state index in [2.05, 4.69) is 5.16 Å². The van der Waals surface area contributed by atoms with Gasteiger partial charge in [-0.2, -0.15) is 0 Å². The molecule has 1 aliphatic rings. The number of benzene rings is 2. The van der Waals surface area contributed by atoms with Gasteiger partial charge in [0.15, 0.2) is 11.4 Å². The van der Waals surface area contributed by atoms with Gasteiger partial charge < -0.3 is 9.63 Å². The van der Waals surface area contributed by atoms with Crippen LogP contribution < -0.4 is 0 Å². The number of hydrogen-bond acceptors (Lipinski definition) is 4. The van der Waals surface area contributed by atoms with Gasteiger partial charge in [-0.1, -0.05) is 41.6 Å². The summed E-state index contributed by atoms with van der Waals surface area (Å²) in [5, 5.41) is 15.4. The molecule has 25 heavy (non-hydrogen) atoms. The number of aromatic nitrogens is 1. The number of Topliss-reactive ketones (excluding diaryl/α,β-unsaturated/α-hetero) is 1. The molecule has 4 rings (SSSR count). The highest BCUT2D eigenvalue weighted by atomic mass is 16.5. The Morgan fingerprint density at radius 1 is 1.08 bits per heavy atom. The molecule has 4 nitrogen and oxygen atoms in total.